The van der Waals surface area contributed by atoms with E-state index in [-0.39, 0.29) is 17.4 Å². The summed E-state index contributed by atoms with van der Waals surface area (Å²) in [6, 6.07) is 0. The van der Waals surface area contributed by atoms with Gasteiger partial charge in [0.05, 0.1) is 0 Å². The van der Waals surface area contributed by atoms with Crippen LogP contribution in [0.3, 0.4) is 0 Å². The van der Waals surface area contributed by atoms with Gasteiger partial charge in [0.15, 0.2) is 0 Å². The number of rotatable bonds is 10. The summed E-state index contributed by atoms with van der Waals surface area (Å²) in [5, 5.41) is 8.41. The van der Waals surface area contributed by atoms with Crippen LogP contribution in [-0.4, -0.2) is 11.1 Å². The molecule has 0 aromatic rings. The van der Waals surface area contributed by atoms with Gasteiger partial charge in [-0.2, -0.15) is 0 Å². The van der Waals surface area contributed by atoms with Crippen molar-refractivity contribution >= 4 is 5.97 Å². The van der Waals surface area contributed by atoms with E-state index in [0.717, 1.165) is 12.8 Å². The molecule has 0 saturated heterocycles. The fraction of sp³-hybridized carbons (Fsp3) is 0.917. The van der Waals surface area contributed by atoms with Gasteiger partial charge < -0.3 is 5.11 Å². The van der Waals surface area contributed by atoms with Crippen LogP contribution in [0.4, 0.5) is 0 Å². The molecule has 0 saturated carbocycles. The largest absolute Gasteiger partial charge is 0.481 e. The molecule has 0 radical (unpaired) electrons. The van der Waals surface area contributed by atoms with Gasteiger partial charge in [-0.1, -0.05) is 58.3 Å². The summed E-state index contributed by atoms with van der Waals surface area (Å²) < 4.78 is 0. The second-order valence-corrected chi connectivity index (χ2v) is 3.97. The molecule has 0 atom stereocenters. The van der Waals surface area contributed by atoms with Crippen molar-refractivity contribution in [1.82, 2.24) is 0 Å². The Labute approximate surface area is 105 Å². The maximum Gasteiger partial charge on any atom is 0.303 e. The molecule has 1 N–H and O–H groups in total. The van der Waals surface area contributed by atoms with Crippen molar-refractivity contribution in [2.45, 2.75) is 71.1 Å². The summed E-state index contributed by atoms with van der Waals surface area (Å²) in [5.41, 5.74) is 0. The molecule has 0 heterocycles. The first-order chi connectivity index (χ1) is 6.77. The van der Waals surface area contributed by atoms with Crippen molar-refractivity contribution < 1.29 is 27.3 Å². The van der Waals surface area contributed by atoms with E-state index in [1.807, 2.05) is 0 Å². The summed E-state index contributed by atoms with van der Waals surface area (Å²) >= 11 is 0. The third-order valence-corrected chi connectivity index (χ3v) is 2.49. The second kappa shape index (κ2) is 14.0. The van der Waals surface area contributed by atoms with Crippen LogP contribution in [0.15, 0.2) is 0 Å². The van der Waals surface area contributed by atoms with Gasteiger partial charge in [0.2, 0.25) is 0 Å². The number of carboxylic acid groups (broad SMARTS) is 1. The summed E-state index contributed by atoms with van der Waals surface area (Å²) in [4.78, 5) is 10.2. The third-order valence-electron chi connectivity index (χ3n) is 2.49. The molecular formula is C12H24CrO2. The summed E-state index contributed by atoms with van der Waals surface area (Å²) in [7, 11) is 0. The van der Waals surface area contributed by atoms with Gasteiger partial charge in [0.1, 0.15) is 0 Å². The fourth-order valence-corrected chi connectivity index (χ4v) is 1.59. The van der Waals surface area contributed by atoms with Crippen LogP contribution >= 0.6 is 0 Å². The minimum absolute atomic E-state index is 0. The van der Waals surface area contributed by atoms with Gasteiger partial charge in [-0.3, -0.25) is 4.79 Å². The van der Waals surface area contributed by atoms with Crippen molar-refractivity contribution in [2.75, 3.05) is 0 Å². The maximum atomic E-state index is 10.2. The van der Waals surface area contributed by atoms with Crippen LogP contribution in [0, 0.1) is 0 Å². The van der Waals surface area contributed by atoms with Crippen LogP contribution in [-0.2, 0) is 22.2 Å². The zero-order valence-electron chi connectivity index (χ0n) is 9.83. The Morgan fingerprint density at radius 2 is 1.27 bits per heavy atom. The molecule has 2 nitrogen and oxygen atoms in total. The van der Waals surface area contributed by atoms with E-state index in [9.17, 15) is 4.79 Å². The first-order valence-corrected chi connectivity index (χ1v) is 5.99. The minimum Gasteiger partial charge on any atom is -0.481 e. The number of hydrogen-bond acceptors (Lipinski definition) is 1. The molecule has 0 fully saturated rings. The first-order valence-electron chi connectivity index (χ1n) is 5.99. The number of unbranched alkanes of at least 4 members (excludes halogenated alkanes) is 8. The van der Waals surface area contributed by atoms with E-state index in [1.165, 1.54) is 44.9 Å². The molecule has 0 bridgehead atoms. The number of carbonyl (C=O) groups is 1. The predicted molar refractivity (Wildman–Crippen MR) is 59.5 cm³/mol. The van der Waals surface area contributed by atoms with Gasteiger partial charge >= 0.3 is 5.97 Å². The van der Waals surface area contributed by atoms with E-state index >= 15 is 0 Å². The molecule has 0 rings (SSSR count). The van der Waals surface area contributed by atoms with Crippen molar-refractivity contribution in [2.24, 2.45) is 0 Å². The molecule has 3 heteroatoms. The molecule has 0 aromatic carbocycles. The first kappa shape index (κ1) is 17.4. The van der Waals surface area contributed by atoms with Crippen LogP contribution in [0.2, 0.25) is 0 Å². The molecule has 0 amide bonds. The molecule has 0 aromatic heterocycles. The van der Waals surface area contributed by atoms with Crippen LogP contribution in [0.5, 0.6) is 0 Å². The number of carboxylic acids is 1. The molecule has 90 valence electrons. The average Bonchev–Trinajstić information content (AvgIpc) is 2.15. The average molecular weight is 252 g/mol. The molecular weight excluding hydrogens is 228 g/mol. The smallest absolute Gasteiger partial charge is 0.303 e. The predicted octanol–water partition coefficient (Wildman–Crippen LogP) is 3.99. The number of hydrogen-bond donors (Lipinski definition) is 1. The Balaban J connectivity index is 0. The normalized spacial score (nSPS) is 9.67. The molecule has 0 aliphatic carbocycles. The zero-order chi connectivity index (χ0) is 10.6. The Hall–Kier alpha value is 0.00247. The quantitative estimate of drug-likeness (QED) is 0.597. The Bertz CT molecular complexity index is 138. The topological polar surface area (TPSA) is 37.3 Å². The molecule has 0 aliphatic rings. The SMILES string of the molecule is CCCCCCCCCCCC(=O)O.[Cr]. The van der Waals surface area contributed by atoms with Crippen molar-refractivity contribution in [3.05, 3.63) is 0 Å². The molecule has 0 spiro atoms. The number of aliphatic carboxylic acids is 1. The van der Waals surface area contributed by atoms with E-state index in [1.54, 1.807) is 0 Å². The zero-order valence-corrected chi connectivity index (χ0v) is 11.1. The summed E-state index contributed by atoms with van der Waals surface area (Å²) in [6.07, 6.45) is 11.5. The minimum atomic E-state index is -0.659. The Morgan fingerprint density at radius 3 is 1.67 bits per heavy atom. The van der Waals surface area contributed by atoms with Gasteiger partial charge in [-0.25, -0.2) is 0 Å². The van der Waals surface area contributed by atoms with Crippen molar-refractivity contribution in [3.63, 3.8) is 0 Å². The maximum absolute atomic E-state index is 10.2. The van der Waals surface area contributed by atoms with Crippen LogP contribution in [0.25, 0.3) is 0 Å². The van der Waals surface area contributed by atoms with Gasteiger partial charge in [-0.05, 0) is 6.42 Å². The summed E-state index contributed by atoms with van der Waals surface area (Å²) in [6.45, 7) is 2.23. The third kappa shape index (κ3) is 16.7. The second-order valence-electron chi connectivity index (χ2n) is 3.97. The van der Waals surface area contributed by atoms with E-state index in [4.69, 9.17) is 5.11 Å². The van der Waals surface area contributed by atoms with Crippen molar-refractivity contribution in [3.8, 4) is 0 Å². The molecule has 0 aliphatic heterocycles. The molecule has 0 unspecified atom stereocenters. The van der Waals surface area contributed by atoms with Gasteiger partial charge in [0, 0.05) is 23.8 Å². The monoisotopic (exact) mass is 252 g/mol. The fourth-order valence-electron chi connectivity index (χ4n) is 1.59. The van der Waals surface area contributed by atoms with Crippen LogP contribution in [0.1, 0.15) is 71.1 Å². The Morgan fingerprint density at radius 1 is 0.867 bits per heavy atom. The van der Waals surface area contributed by atoms with E-state index in [0.29, 0.717) is 6.42 Å². The Kier molecular flexibility index (Phi) is 16.2. The van der Waals surface area contributed by atoms with Crippen molar-refractivity contribution in [1.29, 1.82) is 0 Å². The van der Waals surface area contributed by atoms with E-state index < -0.39 is 5.97 Å². The van der Waals surface area contributed by atoms with E-state index in [2.05, 4.69) is 6.92 Å². The molecule has 15 heavy (non-hydrogen) atoms. The van der Waals surface area contributed by atoms with Gasteiger partial charge in [-0.15, -0.1) is 0 Å². The van der Waals surface area contributed by atoms with Gasteiger partial charge in [0.25, 0.3) is 0 Å². The standard InChI is InChI=1S/C12H24O2.Cr/c1-2-3-4-5-6-7-8-9-10-11-12(13)14;/h2-11H2,1H3,(H,13,14);. The van der Waals surface area contributed by atoms with Crippen LogP contribution < -0.4 is 0 Å². The summed E-state index contributed by atoms with van der Waals surface area (Å²) in [5.74, 6) is -0.659.